The molecule has 0 aromatic heterocycles. The van der Waals surface area contributed by atoms with Crippen LogP contribution in [0.25, 0.3) is 0 Å². The Bertz CT molecular complexity index is 564. The van der Waals surface area contributed by atoms with Gasteiger partial charge in [-0.3, -0.25) is 0 Å². The summed E-state index contributed by atoms with van der Waals surface area (Å²) in [6, 6.07) is 11.7. The lowest BCUT2D eigenvalue weighted by Gasteiger charge is -2.16. The Morgan fingerprint density at radius 3 is 2.37 bits per heavy atom. The van der Waals surface area contributed by atoms with Crippen molar-refractivity contribution in [3.05, 3.63) is 53.6 Å². The summed E-state index contributed by atoms with van der Waals surface area (Å²) in [5, 5.41) is 28.8. The van der Waals surface area contributed by atoms with E-state index in [0.717, 1.165) is 17.5 Å². The maximum absolute atomic E-state index is 9.82. The van der Waals surface area contributed by atoms with Gasteiger partial charge in [0.2, 0.25) is 0 Å². The van der Waals surface area contributed by atoms with Crippen LogP contribution in [0.15, 0.2) is 42.5 Å². The Labute approximate surface area is 112 Å². The van der Waals surface area contributed by atoms with Crippen molar-refractivity contribution < 1.29 is 15.3 Å². The van der Waals surface area contributed by atoms with Gasteiger partial charge in [-0.1, -0.05) is 19.1 Å². The normalized spacial score (nSPS) is 12.3. The molecule has 0 spiro atoms. The minimum absolute atomic E-state index is 0.151. The van der Waals surface area contributed by atoms with Crippen molar-refractivity contribution >= 4 is 0 Å². The molecule has 0 aliphatic rings. The molecule has 2 rings (SSSR count). The molecule has 0 amide bonds. The van der Waals surface area contributed by atoms with Crippen LogP contribution in [0, 0.1) is 0 Å². The first kappa shape index (κ1) is 13.3. The Kier molecular flexibility index (Phi) is 3.95. The summed E-state index contributed by atoms with van der Waals surface area (Å²) < 4.78 is 0. The van der Waals surface area contributed by atoms with Gasteiger partial charge in [0.15, 0.2) is 0 Å². The van der Waals surface area contributed by atoms with E-state index in [0.29, 0.717) is 6.42 Å². The Morgan fingerprint density at radius 1 is 0.947 bits per heavy atom. The SMILES string of the molecule is CCC(Cc1cc(O)ccc1O)c1cccc(O)c1. The molecule has 0 fully saturated rings. The van der Waals surface area contributed by atoms with Crippen LogP contribution in [0.3, 0.4) is 0 Å². The molecule has 0 radical (unpaired) electrons. The molecular formula is C16H18O3. The number of aromatic hydroxyl groups is 3. The predicted molar refractivity (Wildman–Crippen MR) is 74.6 cm³/mol. The molecule has 0 saturated heterocycles. The molecule has 0 aliphatic heterocycles. The molecule has 0 heterocycles. The van der Waals surface area contributed by atoms with Gasteiger partial charge in [-0.05, 0) is 60.2 Å². The van der Waals surface area contributed by atoms with Gasteiger partial charge in [-0.25, -0.2) is 0 Å². The first-order chi connectivity index (χ1) is 9.10. The number of benzene rings is 2. The second-order valence-corrected chi connectivity index (χ2v) is 4.72. The minimum atomic E-state index is 0.151. The van der Waals surface area contributed by atoms with E-state index >= 15 is 0 Å². The summed E-state index contributed by atoms with van der Waals surface area (Å²) >= 11 is 0. The van der Waals surface area contributed by atoms with Gasteiger partial charge in [0.05, 0.1) is 0 Å². The minimum Gasteiger partial charge on any atom is -0.508 e. The van der Waals surface area contributed by atoms with Crippen LogP contribution in [-0.4, -0.2) is 15.3 Å². The Morgan fingerprint density at radius 2 is 1.68 bits per heavy atom. The summed E-state index contributed by atoms with van der Waals surface area (Å²) in [5.41, 5.74) is 1.75. The molecule has 0 bridgehead atoms. The molecule has 2 aromatic carbocycles. The average molecular weight is 258 g/mol. The van der Waals surface area contributed by atoms with Crippen molar-refractivity contribution in [2.75, 3.05) is 0 Å². The largest absolute Gasteiger partial charge is 0.508 e. The van der Waals surface area contributed by atoms with Crippen LogP contribution < -0.4 is 0 Å². The van der Waals surface area contributed by atoms with E-state index in [1.165, 1.54) is 12.1 Å². The highest BCUT2D eigenvalue weighted by molar-refractivity contribution is 5.40. The standard InChI is InChI=1S/C16H18O3/c1-2-11(12-4-3-5-14(17)9-12)8-13-10-15(18)6-7-16(13)19/h3-7,9-11,17-19H,2,8H2,1H3. The summed E-state index contributed by atoms with van der Waals surface area (Å²) in [6.45, 7) is 2.06. The molecule has 3 heteroatoms. The Hall–Kier alpha value is -2.16. The fourth-order valence-corrected chi connectivity index (χ4v) is 2.28. The zero-order valence-electron chi connectivity index (χ0n) is 10.9. The van der Waals surface area contributed by atoms with Crippen molar-refractivity contribution in [3.63, 3.8) is 0 Å². The summed E-state index contributed by atoms with van der Waals surface area (Å²) in [6.07, 6.45) is 1.51. The van der Waals surface area contributed by atoms with Gasteiger partial charge in [0, 0.05) is 0 Å². The van der Waals surface area contributed by atoms with Gasteiger partial charge in [-0.15, -0.1) is 0 Å². The third kappa shape index (κ3) is 3.19. The number of rotatable bonds is 4. The average Bonchev–Trinajstić information content (AvgIpc) is 2.39. The van der Waals surface area contributed by atoms with Gasteiger partial charge >= 0.3 is 0 Å². The summed E-state index contributed by atoms with van der Waals surface area (Å²) in [4.78, 5) is 0. The van der Waals surface area contributed by atoms with Crippen LogP contribution in [0.1, 0.15) is 30.4 Å². The maximum atomic E-state index is 9.82. The maximum Gasteiger partial charge on any atom is 0.119 e. The second-order valence-electron chi connectivity index (χ2n) is 4.72. The first-order valence-electron chi connectivity index (χ1n) is 6.40. The Balaban J connectivity index is 2.26. The highest BCUT2D eigenvalue weighted by Gasteiger charge is 2.13. The molecule has 3 N–H and O–H groups in total. The zero-order valence-corrected chi connectivity index (χ0v) is 10.9. The lowest BCUT2D eigenvalue weighted by atomic mass is 9.89. The molecular weight excluding hydrogens is 240 g/mol. The van der Waals surface area contributed by atoms with E-state index in [4.69, 9.17) is 0 Å². The number of hydrogen-bond donors (Lipinski definition) is 3. The number of phenols is 3. The topological polar surface area (TPSA) is 60.7 Å². The highest BCUT2D eigenvalue weighted by Crippen LogP contribution is 2.31. The zero-order chi connectivity index (χ0) is 13.8. The summed E-state index contributed by atoms with van der Waals surface area (Å²) in [5.74, 6) is 0.783. The van der Waals surface area contributed by atoms with E-state index in [-0.39, 0.29) is 23.2 Å². The molecule has 2 aromatic rings. The van der Waals surface area contributed by atoms with Gasteiger partial charge in [-0.2, -0.15) is 0 Å². The number of phenolic OH excluding ortho intramolecular Hbond substituents is 3. The van der Waals surface area contributed by atoms with Gasteiger partial charge in [0.1, 0.15) is 17.2 Å². The first-order valence-corrected chi connectivity index (χ1v) is 6.40. The van der Waals surface area contributed by atoms with E-state index in [1.807, 2.05) is 12.1 Å². The van der Waals surface area contributed by atoms with Crippen molar-refractivity contribution in [3.8, 4) is 17.2 Å². The quantitative estimate of drug-likeness (QED) is 0.735. The van der Waals surface area contributed by atoms with Crippen molar-refractivity contribution in [1.82, 2.24) is 0 Å². The van der Waals surface area contributed by atoms with Crippen molar-refractivity contribution in [2.24, 2.45) is 0 Å². The molecule has 1 unspecified atom stereocenters. The lowest BCUT2D eigenvalue weighted by molar-refractivity contribution is 0.450. The second kappa shape index (κ2) is 5.65. The van der Waals surface area contributed by atoms with E-state index in [9.17, 15) is 15.3 Å². The van der Waals surface area contributed by atoms with Crippen LogP contribution in [-0.2, 0) is 6.42 Å². The molecule has 19 heavy (non-hydrogen) atoms. The smallest absolute Gasteiger partial charge is 0.119 e. The van der Waals surface area contributed by atoms with Gasteiger partial charge in [0.25, 0.3) is 0 Å². The summed E-state index contributed by atoms with van der Waals surface area (Å²) in [7, 11) is 0. The third-order valence-electron chi connectivity index (χ3n) is 3.36. The van der Waals surface area contributed by atoms with E-state index in [1.54, 1.807) is 18.2 Å². The molecule has 0 aliphatic carbocycles. The highest BCUT2D eigenvalue weighted by atomic mass is 16.3. The molecule has 0 saturated carbocycles. The predicted octanol–water partition coefficient (Wildman–Crippen LogP) is 3.54. The number of hydrogen-bond acceptors (Lipinski definition) is 3. The van der Waals surface area contributed by atoms with Crippen molar-refractivity contribution in [2.45, 2.75) is 25.7 Å². The van der Waals surface area contributed by atoms with Gasteiger partial charge < -0.3 is 15.3 Å². The third-order valence-corrected chi connectivity index (χ3v) is 3.36. The molecule has 1 atom stereocenters. The van der Waals surface area contributed by atoms with Crippen LogP contribution in [0.4, 0.5) is 0 Å². The van der Waals surface area contributed by atoms with Crippen LogP contribution >= 0.6 is 0 Å². The molecule has 100 valence electrons. The lowest BCUT2D eigenvalue weighted by Crippen LogP contribution is -2.02. The monoisotopic (exact) mass is 258 g/mol. The van der Waals surface area contributed by atoms with E-state index in [2.05, 4.69) is 6.92 Å². The van der Waals surface area contributed by atoms with Crippen LogP contribution in [0.5, 0.6) is 17.2 Å². The fourth-order valence-electron chi connectivity index (χ4n) is 2.28. The van der Waals surface area contributed by atoms with Crippen LogP contribution in [0.2, 0.25) is 0 Å². The fraction of sp³-hybridized carbons (Fsp3) is 0.250. The van der Waals surface area contributed by atoms with Crippen molar-refractivity contribution in [1.29, 1.82) is 0 Å². The van der Waals surface area contributed by atoms with E-state index < -0.39 is 0 Å². The molecule has 3 nitrogen and oxygen atoms in total.